The Bertz CT molecular complexity index is 368. The summed E-state index contributed by atoms with van der Waals surface area (Å²) in [6.45, 7) is 13.8. The van der Waals surface area contributed by atoms with E-state index >= 15 is 0 Å². The molecule has 0 aliphatic rings. The number of anilines is 1. The van der Waals surface area contributed by atoms with Crippen LogP contribution in [0.3, 0.4) is 0 Å². The van der Waals surface area contributed by atoms with Gasteiger partial charge in [-0.25, -0.2) is 0 Å². The molecule has 0 bridgehead atoms. The van der Waals surface area contributed by atoms with E-state index in [4.69, 9.17) is 4.43 Å². The van der Waals surface area contributed by atoms with Gasteiger partial charge in [-0.1, -0.05) is 41.5 Å². The van der Waals surface area contributed by atoms with E-state index in [1.807, 2.05) is 12.1 Å². The SMILES string of the molecule is CC(C)[Si](Oc1ccc(NBr)cc1)(C(C)C)C(C)C. The van der Waals surface area contributed by atoms with Crippen LogP contribution in [-0.2, 0) is 0 Å². The summed E-state index contributed by atoms with van der Waals surface area (Å²) in [4.78, 5) is 0. The third-order valence-electron chi connectivity index (χ3n) is 3.97. The first-order chi connectivity index (χ1) is 8.84. The van der Waals surface area contributed by atoms with Crippen LogP contribution in [0.15, 0.2) is 24.3 Å². The van der Waals surface area contributed by atoms with Gasteiger partial charge in [0.15, 0.2) is 0 Å². The molecule has 0 aliphatic carbocycles. The molecule has 0 unspecified atom stereocenters. The van der Waals surface area contributed by atoms with Crippen LogP contribution in [0, 0.1) is 0 Å². The Kier molecular flexibility index (Phi) is 5.93. The lowest BCUT2D eigenvalue weighted by Gasteiger charge is -2.42. The van der Waals surface area contributed by atoms with Crippen LogP contribution in [0.25, 0.3) is 0 Å². The third-order valence-corrected chi connectivity index (χ3v) is 10.4. The van der Waals surface area contributed by atoms with Crippen molar-refractivity contribution < 1.29 is 4.43 Å². The maximum Gasteiger partial charge on any atom is 0.258 e. The van der Waals surface area contributed by atoms with Crippen LogP contribution >= 0.6 is 16.1 Å². The van der Waals surface area contributed by atoms with E-state index in [-0.39, 0.29) is 0 Å². The third kappa shape index (κ3) is 3.54. The molecule has 4 heteroatoms. The first-order valence-corrected chi connectivity index (χ1v) is 9.93. The number of rotatable bonds is 6. The van der Waals surface area contributed by atoms with Crippen molar-refractivity contribution in [2.45, 2.75) is 58.2 Å². The summed E-state index contributed by atoms with van der Waals surface area (Å²) in [7, 11) is -1.83. The first kappa shape index (κ1) is 16.6. The van der Waals surface area contributed by atoms with E-state index in [0.29, 0.717) is 16.6 Å². The molecule has 19 heavy (non-hydrogen) atoms. The molecule has 0 saturated carbocycles. The van der Waals surface area contributed by atoms with Crippen LogP contribution in [0.4, 0.5) is 5.69 Å². The number of hydrogen-bond acceptors (Lipinski definition) is 2. The summed E-state index contributed by atoms with van der Waals surface area (Å²) in [5.74, 6) is 0.995. The highest BCUT2D eigenvalue weighted by Crippen LogP contribution is 2.42. The Balaban J connectivity index is 3.06. The summed E-state index contributed by atoms with van der Waals surface area (Å²) in [5, 5.41) is 0. The lowest BCUT2D eigenvalue weighted by molar-refractivity contribution is 0.480. The second-order valence-corrected chi connectivity index (χ2v) is 11.8. The molecule has 1 aromatic rings. The summed E-state index contributed by atoms with van der Waals surface area (Å²) in [6.07, 6.45) is 0. The molecule has 1 N–H and O–H groups in total. The summed E-state index contributed by atoms with van der Waals surface area (Å²) < 4.78 is 9.54. The van der Waals surface area contributed by atoms with E-state index < -0.39 is 8.32 Å². The number of benzene rings is 1. The zero-order valence-corrected chi connectivity index (χ0v) is 15.4. The number of nitrogens with one attached hydrogen (secondary N) is 1. The lowest BCUT2D eigenvalue weighted by Crippen LogP contribution is -2.50. The Hall–Kier alpha value is -0.483. The van der Waals surface area contributed by atoms with Crippen molar-refractivity contribution in [3.8, 4) is 5.75 Å². The largest absolute Gasteiger partial charge is 0.543 e. The van der Waals surface area contributed by atoms with Gasteiger partial charge in [-0.15, -0.1) is 0 Å². The van der Waals surface area contributed by atoms with E-state index in [9.17, 15) is 0 Å². The van der Waals surface area contributed by atoms with Crippen LogP contribution in [0.5, 0.6) is 5.75 Å². The van der Waals surface area contributed by atoms with Crippen LogP contribution in [-0.4, -0.2) is 8.32 Å². The Labute approximate surface area is 127 Å². The van der Waals surface area contributed by atoms with Gasteiger partial charge in [0.05, 0.1) is 0 Å². The van der Waals surface area contributed by atoms with Crippen molar-refractivity contribution in [2.75, 3.05) is 4.34 Å². The molecule has 0 aliphatic heterocycles. The second kappa shape index (κ2) is 6.80. The number of hydrogen-bond donors (Lipinski definition) is 1. The summed E-state index contributed by atoms with van der Waals surface area (Å²) in [6, 6.07) is 8.17. The van der Waals surface area contributed by atoms with E-state index in [0.717, 1.165) is 11.4 Å². The Morgan fingerprint density at radius 1 is 0.895 bits per heavy atom. The van der Waals surface area contributed by atoms with E-state index in [2.05, 4.69) is 74.2 Å². The van der Waals surface area contributed by atoms with Crippen molar-refractivity contribution in [3.63, 3.8) is 0 Å². The standard InChI is InChI=1S/C15H26BrNOSi/c1-11(2)19(12(3)4,13(5)6)18-15-9-7-14(17-16)8-10-15/h7-13,17H,1-6H3. The van der Waals surface area contributed by atoms with Crippen LogP contribution in [0.2, 0.25) is 16.6 Å². The van der Waals surface area contributed by atoms with Gasteiger partial charge in [-0.3, -0.25) is 0 Å². The van der Waals surface area contributed by atoms with Crippen molar-refractivity contribution in [1.82, 2.24) is 0 Å². The lowest BCUT2D eigenvalue weighted by atomic mass is 10.3. The minimum absolute atomic E-state index is 0.599. The number of halogens is 1. The molecule has 1 aromatic carbocycles. The minimum Gasteiger partial charge on any atom is -0.543 e. The predicted octanol–water partition coefficient (Wildman–Crippen LogP) is 5.96. The van der Waals surface area contributed by atoms with Gasteiger partial charge in [0.1, 0.15) is 5.75 Å². The minimum atomic E-state index is -1.83. The van der Waals surface area contributed by atoms with Crippen LogP contribution in [0.1, 0.15) is 41.5 Å². The highest BCUT2D eigenvalue weighted by molar-refractivity contribution is 9.10. The molecule has 108 valence electrons. The zero-order valence-electron chi connectivity index (χ0n) is 12.8. The first-order valence-electron chi connectivity index (χ1n) is 7.00. The maximum atomic E-state index is 6.58. The molecule has 0 radical (unpaired) electrons. The van der Waals surface area contributed by atoms with Gasteiger partial charge in [0, 0.05) is 21.8 Å². The average Bonchev–Trinajstić information content (AvgIpc) is 2.35. The second-order valence-electron chi connectivity index (χ2n) is 6.04. The molecule has 0 atom stereocenters. The van der Waals surface area contributed by atoms with Gasteiger partial charge in [-0.2, -0.15) is 0 Å². The molecule has 0 heterocycles. The molecular formula is C15H26BrNOSi. The normalized spacial score (nSPS) is 12.3. The molecular weight excluding hydrogens is 318 g/mol. The summed E-state index contributed by atoms with van der Waals surface area (Å²) in [5.41, 5.74) is 2.84. The molecule has 0 fully saturated rings. The monoisotopic (exact) mass is 343 g/mol. The fraction of sp³-hybridized carbons (Fsp3) is 0.600. The van der Waals surface area contributed by atoms with Crippen molar-refractivity contribution in [3.05, 3.63) is 24.3 Å². The molecule has 1 rings (SSSR count). The molecule has 2 nitrogen and oxygen atoms in total. The topological polar surface area (TPSA) is 21.3 Å². The highest BCUT2D eigenvalue weighted by Gasteiger charge is 2.46. The fourth-order valence-electron chi connectivity index (χ4n) is 3.14. The molecule has 0 aromatic heterocycles. The van der Waals surface area contributed by atoms with Gasteiger partial charge >= 0.3 is 0 Å². The summed E-state index contributed by atoms with van der Waals surface area (Å²) >= 11 is 3.23. The fourth-order valence-corrected chi connectivity index (χ4v) is 8.66. The zero-order chi connectivity index (χ0) is 14.6. The van der Waals surface area contributed by atoms with Crippen LogP contribution < -0.4 is 8.77 Å². The molecule has 0 saturated heterocycles. The van der Waals surface area contributed by atoms with Crippen molar-refractivity contribution >= 4 is 30.2 Å². The van der Waals surface area contributed by atoms with Gasteiger partial charge in [0.25, 0.3) is 8.32 Å². The molecule has 0 spiro atoms. The Morgan fingerprint density at radius 2 is 1.32 bits per heavy atom. The predicted molar refractivity (Wildman–Crippen MR) is 90.7 cm³/mol. The van der Waals surface area contributed by atoms with Crippen molar-refractivity contribution in [2.24, 2.45) is 0 Å². The van der Waals surface area contributed by atoms with E-state index in [1.54, 1.807) is 0 Å². The average molecular weight is 344 g/mol. The van der Waals surface area contributed by atoms with E-state index in [1.165, 1.54) is 0 Å². The quantitative estimate of drug-likeness (QED) is 0.507. The Morgan fingerprint density at radius 3 is 1.63 bits per heavy atom. The maximum absolute atomic E-state index is 6.58. The van der Waals surface area contributed by atoms with Gasteiger partial charge < -0.3 is 8.77 Å². The van der Waals surface area contributed by atoms with Gasteiger partial charge in [0.2, 0.25) is 0 Å². The van der Waals surface area contributed by atoms with Gasteiger partial charge in [-0.05, 0) is 40.9 Å². The smallest absolute Gasteiger partial charge is 0.258 e. The van der Waals surface area contributed by atoms with Crippen molar-refractivity contribution in [1.29, 1.82) is 0 Å². The molecule has 0 amide bonds. The highest BCUT2D eigenvalue weighted by atomic mass is 79.9.